The minimum atomic E-state index is -0.758. The summed E-state index contributed by atoms with van der Waals surface area (Å²) in [6, 6.07) is 4.37. The highest BCUT2D eigenvalue weighted by Gasteiger charge is 2.47. The summed E-state index contributed by atoms with van der Waals surface area (Å²) < 4.78 is 13.6. The minimum Gasteiger partial charge on any atom is -0.448 e. The van der Waals surface area contributed by atoms with Crippen molar-refractivity contribution in [1.82, 2.24) is 15.2 Å². The molecule has 1 unspecified atom stereocenters. The highest BCUT2D eigenvalue weighted by molar-refractivity contribution is 9.10. The van der Waals surface area contributed by atoms with Gasteiger partial charge in [-0.1, -0.05) is 13.3 Å². The van der Waals surface area contributed by atoms with Gasteiger partial charge >= 0.3 is 0 Å². The molecule has 1 atom stereocenters. The molecule has 1 amide bonds. The first kappa shape index (κ1) is 26.7. The van der Waals surface area contributed by atoms with Gasteiger partial charge in [-0.2, -0.15) is 0 Å². The van der Waals surface area contributed by atoms with Crippen molar-refractivity contribution in [3.8, 4) is 11.5 Å². The number of hydrogen-bond acceptors (Lipinski definition) is 5. The van der Waals surface area contributed by atoms with Gasteiger partial charge in [-0.3, -0.25) is 9.59 Å². The molecule has 1 aromatic carbocycles. The second kappa shape index (κ2) is 10.6. The maximum absolute atomic E-state index is 13.3. The Morgan fingerprint density at radius 3 is 2.47 bits per heavy atom. The van der Waals surface area contributed by atoms with E-state index in [1.54, 1.807) is 6.07 Å². The third-order valence-corrected chi connectivity index (χ3v) is 8.36. The van der Waals surface area contributed by atoms with Crippen molar-refractivity contribution < 1.29 is 14.3 Å². The van der Waals surface area contributed by atoms with Gasteiger partial charge in [0.15, 0.2) is 11.5 Å². The molecule has 8 heteroatoms. The number of aryl methyl sites for hydroxylation is 2. The predicted octanol–water partition coefficient (Wildman–Crippen LogP) is 5.24. The second-order valence-electron chi connectivity index (χ2n) is 10.6. The van der Waals surface area contributed by atoms with Gasteiger partial charge in [0.05, 0.1) is 4.47 Å². The average Bonchev–Trinajstić information content (AvgIpc) is 3.20. The van der Waals surface area contributed by atoms with Gasteiger partial charge in [0.1, 0.15) is 0 Å². The van der Waals surface area contributed by atoms with E-state index in [-0.39, 0.29) is 23.9 Å². The van der Waals surface area contributed by atoms with Gasteiger partial charge < -0.3 is 24.7 Å². The lowest BCUT2D eigenvalue weighted by molar-refractivity contribution is -0.123. The number of rotatable bonds is 7. The maximum atomic E-state index is 13.3. The van der Waals surface area contributed by atoms with Crippen LogP contribution >= 0.6 is 15.9 Å². The number of carbonyl (C=O) groups is 1. The van der Waals surface area contributed by atoms with Crippen molar-refractivity contribution in [2.45, 2.75) is 84.6 Å². The molecule has 2 aromatic rings. The molecule has 1 aliphatic heterocycles. The van der Waals surface area contributed by atoms with E-state index in [4.69, 9.17) is 9.47 Å². The number of carbonyl (C=O) groups excluding carboxylic acids is 1. The lowest BCUT2D eigenvalue weighted by Crippen LogP contribution is -2.46. The molecular formula is C28H38BrN3O4. The van der Waals surface area contributed by atoms with Crippen LogP contribution in [0.2, 0.25) is 0 Å². The standard InChI is InChI=1S/C28H38BrN3O4/c1-7-8-18-13-16(2)31-27(34)22(18)15-30-26(33)21-14-23(29)25-24(17(21)3)35-28(4,36-25)19-9-11-20(12-10-19)32(5)6/h13-14,19-20H,7-12,15H2,1-6H3,(H,30,33)(H,31,34). The van der Waals surface area contributed by atoms with Crippen molar-refractivity contribution in [3.63, 3.8) is 0 Å². The number of H-pyrrole nitrogens is 1. The zero-order chi connectivity index (χ0) is 26.2. The van der Waals surface area contributed by atoms with Crippen LogP contribution < -0.4 is 20.3 Å². The Morgan fingerprint density at radius 1 is 1.17 bits per heavy atom. The van der Waals surface area contributed by atoms with E-state index in [0.29, 0.717) is 33.1 Å². The molecule has 4 rings (SSSR count). The summed E-state index contributed by atoms with van der Waals surface area (Å²) in [6.45, 7) is 8.02. The van der Waals surface area contributed by atoms with E-state index in [9.17, 15) is 9.59 Å². The number of pyridine rings is 1. The summed E-state index contributed by atoms with van der Waals surface area (Å²) in [5.74, 6) is 0.539. The number of ether oxygens (including phenoxy) is 2. The van der Waals surface area contributed by atoms with Crippen LogP contribution in [-0.2, 0) is 13.0 Å². The molecule has 1 aliphatic carbocycles. The molecule has 36 heavy (non-hydrogen) atoms. The lowest BCUT2D eigenvalue weighted by Gasteiger charge is -2.39. The largest absolute Gasteiger partial charge is 0.448 e. The fraction of sp³-hybridized carbons (Fsp3) is 0.571. The Hall–Kier alpha value is -2.32. The predicted molar refractivity (Wildman–Crippen MR) is 145 cm³/mol. The van der Waals surface area contributed by atoms with Crippen molar-refractivity contribution in [2.75, 3.05) is 14.1 Å². The fourth-order valence-electron chi connectivity index (χ4n) is 5.60. The number of hydrogen-bond donors (Lipinski definition) is 2. The lowest BCUT2D eigenvalue weighted by atomic mass is 9.81. The first-order valence-corrected chi connectivity index (χ1v) is 13.7. The van der Waals surface area contributed by atoms with Crippen LogP contribution in [0, 0.1) is 19.8 Å². The molecule has 0 spiro atoms. The Kier molecular flexibility index (Phi) is 7.86. The summed E-state index contributed by atoms with van der Waals surface area (Å²) in [5, 5.41) is 2.95. The first-order valence-electron chi connectivity index (χ1n) is 12.9. The average molecular weight is 561 g/mol. The summed E-state index contributed by atoms with van der Waals surface area (Å²) in [4.78, 5) is 31.0. The van der Waals surface area contributed by atoms with E-state index >= 15 is 0 Å². The van der Waals surface area contributed by atoms with Crippen LogP contribution in [0.1, 0.15) is 78.7 Å². The van der Waals surface area contributed by atoms with Crippen molar-refractivity contribution in [3.05, 3.63) is 54.9 Å². The highest BCUT2D eigenvalue weighted by atomic mass is 79.9. The Morgan fingerprint density at radius 2 is 1.83 bits per heavy atom. The molecule has 0 saturated heterocycles. The van der Waals surface area contributed by atoms with Crippen molar-refractivity contribution in [1.29, 1.82) is 0 Å². The van der Waals surface area contributed by atoms with Gasteiger partial charge in [-0.25, -0.2) is 0 Å². The third kappa shape index (κ3) is 5.21. The molecule has 0 radical (unpaired) electrons. The molecule has 2 heterocycles. The molecule has 2 N–H and O–H groups in total. The fourth-order valence-corrected chi connectivity index (χ4v) is 6.09. The normalized spacial score (nSPS) is 23.2. The van der Waals surface area contributed by atoms with Crippen molar-refractivity contribution >= 4 is 21.8 Å². The van der Waals surface area contributed by atoms with Crippen LogP contribution in [0.3, 0.4) is 0 Å². The summed E-state index contributed by atoms with van der Waals surface area (Å²) in [7, 11) is 4.27. The number of fused-ring (bicyclic) bond motifs is 1. The monoisotopic (exact) mass is 559 g/mol. The molecule has 1 aromatic heterocycles. The van der Waals surface area contributed by atoms with E-state index in [1.165, 1.54) is 0 Å². The molecule has 0 bridgehead atoms. The van der Waals surface area contributed by atoms with Crippen LogP contribution in [0.25, 0.3) is 0 Å². The zero-order valence-corrected chi connectivity index (χ0v) is 23.8. The number of aromatic nitrogens is 1. The zero-order valence-electron chi connectivity index (χ0n) is 22.2. The topological polar surface area (TPSA) is 83.7 Å². The van der Waals surface area contributed by atoms with Crippen LogP contribution in [0.4, 0.5) is 0 Å². The molecular weight excluding hydrogens is 522 g/mol. The summed E-state index contributed by atoms with van der Waals surface area (Å²) in [5.41, 5.74) is 3.50. The number of nitrogens with one attached hydrogen (secondary N) is 2. The molecule has 196 valence electrons. The van der Waals surface area contributed by atoms with Gasteiger partial charge in [-0.05, 0) is 93.7 Å². The number of amides is 1. The Labute approximate surface area is 222 Å². The molecule has 2 aliphatic rings. The highest BCUT2D eigenvalue weighted by Crippen LogP contribution is 2.51. The first-order chi connectivity index (χ1) is 17.0. The number of halogens is 1. The molecule has 7 nitrogen and oxygen atoms in total. The van der Waals surface area contributed by atoms with E-state index in [2.05, 4.69) is 52.1 Å². The summed E-state index contributed by atoms with van der Waals surface area (Å²) >= 11 is 3.61. The Bertz CT molecular complexity index is 1200. The Balaban J connectivity index is 1.52. The van der Waals surface area contributed by atoms with Crippen LogP contribution in [-0.4, -0.2) is 41.7 Å². The van der Waals surface area contributed by atoms with Gasteiger partial charge in [-0.15, -0.1) is 0 Å². The van der Waals surface area contributed by atoms with Crippen molar-refractivity contribution in [2.24, 2.45) is 5.92 Å². The second-order valence-corrected chi connectivity index (χ2v) is 11.5. The van der Waals surface area contributed by atoms with Gasteiger partial charge in [0, 0.05) is 47.8 Å². The maximum Gasteiger partial charge on any atom is 0.253 e. The van der Waals surface area contributed by atoms with E-state index in [0.717, 1.165) is 55.3 Å². The molecule has 1 saturated carbocycles. The van der Waals surface area contributed by atoms with Gasteiger partial charge in [0.2, 0.25) is 0 Å². The van der Waals surface area contributed by atoms with E-state index in [1.807, 2.05) is 26.8 Å². The summed E-state index contributed by atoms with van der Waals surface area (Å²) in [6.07, 6.45) is 6.00. The van der Waals surface area contributed by atoms with Gasteiger partial charge in [0.25, 0.3) is 17.3 Å². The molecule has 1 fully saturated rings. The number of aromatic amines is 1. The quantitative estimate of drug-likeness (QED) is 0.484. The SMILES string of the molecule is CCCc1cc(C)[nH]c(=O)c1CNC(=O)c1cc(Br)c2c(c1C)OC(C)(C1CCC(N(C)C)CC1)O2. The number of nitrogens with zero attached hydrogens (tertiary/aromatic N) is 1. The third-order valence-electron chi connectivity index (χ3n) is 7.77. The minimum absolute atomic E-state index is 0.151. The van der Waals surface area contributed by atoms with Crippen LogP contribution in [0.15, 0.2) is 21.4 Å². The van der Waals surface area contributed by atoms with Crippen LogP contribution in [0.5, 0.6) is 11.5 Å². The smallest absolute Gasteiger partial charge is 0.253 e. The number of benzene rings is 1. The van der Waals surface area contributed by atoms with E-state index < -0.39 is 5.79 Å².